The Morgan fingerprint density at radius 1 is 1.50 bits per heavy atom. The van der Waals surface area contributed by atoms with Crippen LogP contribution in [0.15, 0.2) is 11.6 Å². The SMILES string of the molecule is CCOC(=O)C(C)N1CCN(c2nccs2)CC1. The predicted octanol–water partition coefficient (Wildman–Crippen LogP) is 1.22. The summed E-state index contributed by atoms with van der Waals surface area (Å²) < 4.78 is 5.05. The van der Waals surface area contributed by atoms with Crippen LogP contribution in [0.25, 0.3) is 0 Å². The van der Waals surface area contributed by atoms with Gasteiger partial charge in [-0.2, -0.15) is 0 Å². The highest BCUT2D eigenvalue weighted by molar-refractivity contribution is 7.13. The van der Waals surface area contributed by atoms with E-state index in [1.54, 1.807) is 11.3 Å². The molecule has 0 aliphatic carbocycles. The molecule has 18 heavy (non-hydrogen) atoms. The summed E-state index contributed by atoms with van der Waals surface area (Å²) in [6.45, 7) is 7.78. The number of anilines is 1. The van der Waals surface area contributed by atoms with Crippen molar-refractivity contribution in [1.82, 2.24) is 9.88 Å². The van der Waals surface area contributed by atoms with E-state index in [0.29, 0.717) is 6.61 Å². The Labute approximate surface area is 111 Å². The molecule has 2 rings (SSSR count). The third-order valence-electron chi connectivity index (χ3n) is 3.18. The number of aromatic nitrogens is 1. The zero-order valence-electron chi connectivity index (χ0n) is 10.8. The van der Waals surface area contributed by atoms with Gasteiger partial charge in [0.1, 0.15) is 6.04 Å². The van der Waals surface area contributed by atoms with E-state index in [0.717, 1.165) is 31.3 Å². The summed E-state index contributed by atoms with van der Waals surface area (Å²) in [7, 11) is 0. The topological polar surface area (TPSA) is 45.7 Å². The maximum Gasteiger partial charge on any atom is 0.323 e. The quantitative estimate of drug-likeness (QED) is 0.769. The summed E-state index contributed by atoms with van der Waals surface area (Å²) in [5.74, 6) is -0.125. The van der Waals surface area contributed by atoms with Crippen LogP contribution in [0.5, 0.6) is 0 Å². The number of ether oxygens (including phenoxy) is 1. The number of hydrogen-bond acceptors (Lipinski definition) is 6. The first-order chi connectivity index (χ1) is 8.72. The monoisotopic (exact) mass is 269 g/mol. The lowest BCUT2D eigenvalue weighted by molar-refractivity contribution is -0.149. The van der Waals surface area contributed by atoms with Gasteiger partial charge in [-0.1, -0.05) is 0 Å². The Hall–Kier alpha value is -1.14. The number of hydrogen-bond donors (Lipinski definition) is 0. The van der Waals surface area contributed by atoms with Crippen molar-refractivity contribution in [2.75, 3.05) is 37.7 Å². The molecule has 0 radical (unpaired) electrons. The first kappa shape index (κ1) is 13.3. The average Bonchev–Trinajstić information content (AvgIpc) is 2.92. The number of piperazine rings is 1. The van der Waals surface area contributed by atoms with Crippen LogP contribution in [-0.2, 0) is 9.53 Å². The van der Waals surface area contributed by atoms with Gasteiger partial charge in [0.05, 0.1) is 6.61 Å². The van der Waals surface area contributed by atoms with E-state index in [4.69, 9.17) is 4.74 Å². The van der Waals surface area contributed by atoms with E-state index in [9.17, 15) is 4.79 Å². The Morgan fingerprint density at radius 3 is 2.78 bits per heavy atom. The van der Waals surface area contributed by atoms with Crippen LogP contribution >= 0.6 is 11.3 Å². The molecule has 0 aromatic carbocycles. The van der Waals surface area contributed by atoms with Gasteiger partial charge in [0.2, 0.25) is 0 Å². The molecule has 2 heterocycles. The zero-order chi connectivity index (χ0) is 13.0. The summed E-state index contributed by atoms with van der Waals surface area (Å²) in [6.07, 6.45) is 1.83. The van der Waals surface area contributed by atoms with Gasteiger partial charge in [0.15, 0.2) is 5.13 Å². The van der Waals surface area contributed by atoms with Crippen LogP contribution in [0.3, 0.4) is 0 Å². The van der Waals surface area contributed by atoms with E-state index in [1.807, 2.05) is 25.4 Å². The molecule has 1 aromatic rings. The summed E-state index contributed by atoms with van der Waals surface area (Å²) in [5, 5.41) is 3.06. The van der Waals surface area contributed by atoms with Gasteiger partial charge in [-0.25, -0.2) is 4.98 Å². The molecule has 1 unspecified atom stereocenters. The molecule has 0 amide bonds. The van der Waals surface area contributed by atoms with Crippen molar-refractivity contribution in [1.29, 1.82) is 0 Å². The normalized spacial score (nSPS) is 18.7. The van der Waals surface area contributed by atoms with Crippen LogP contribution in [0.2, 0.25) is 0 Å². The summed E-state index contributed by atoms with van der Waals surface area (Å²) in [5.41, 5.74) is 0. The molecular weight excluding hydrogens is 250 g/mol. The third-order valence-corrected chi connectivity index (χ3v) is 4.01. The average molecular weight is 269 g/mol. The van der Waals surface area contributed by atoms with Crippen molar-refractivity contribution in [2.24, 2.45) is 0 Å². The van der Waals surface area contributed by atoms with E-state index >= 15 is 0 Å². The van der Waals surface area contributed by atoms with Crippen molar-refractivity contribution >= 4 is 22.4 Å². The molecule has 0 spiro atoms. The number of carbonyl (C=O) groups is 1. The zero-order valence-corrected chi connectivity index (χ0v) is 11.7. The Balaban J connectivity index is 1.84. The van der Waals surface area contributed by atoms with Gasteiger partial charge in [0.25, 0.3) is 0 Å². The highest BCUT2D eigenvalue weighted by atomic mass is 32.1. The lowest BCUT2D eigenvalue weighted by Crippen LogP contribution is -2.52. The Morgan fingerprint density at radius 2 is 2.22 bits per heavy atom. The first-order valence-corrected chi connectivity index (χ1v) is 7.15. The fraction of sp³-hybridized carbons (Fsp3) is 0.667. The molecule has 100 valence electrons. The molecule has 0 bridgehead atoms. The third kappa shape index (κ3) is 3.00. The van der Waals surface area contributed by atoms with E-state index in [2.05, 4.69) is 14.8 Å². The standard InChI is InChI=1S/C12H19N3O2S/c1-3-17-11(16)10(2)14-5-7-15(8-6-14)12-13-4-9-18-12/h4,9-10H,3,5-8H2,1-2H3. The molecule has 5 nitrogen and oxygen atoms in total. The highest BCUT2D eigenvalue weighted by Gasteiger charge is 2.26. The maximum absolute atomic E-state index is 11.7. The fourth-order valence-electron chi connectivity index (χ4n) is 2.08. The molecule has 1 aliphatic heterocycles. The second-order valence-corrected chi connectivity index (χ2v) is 5.14. The molecule has 1 saturated heterocycles. The van der Waals surface area contributed by atoms with Crippen molar-refractivity contribution < 1.29 is 9.53 Å². The summed E-state index contributed by atoms with van der Waals surface area (Å²) in [4.78, 5) is 20.4. The van der Waals surface area contributed by atoms with E-state index < -0.39 is 0 Å². The minimum atomic E-state index is -0.150. The smallest absolute Gasteiger partial charge is 0.323 e. The van der Waals surface area contributed by atoms with Crippen molar-refractivity contribution in [2.45, 2.75) is 19.9 Å². The minimum Gasteiger partial charge on any atom is -0.465 e. The summed E-state index contributed by atoms with van der Waals surface area (Å²) >= 11 is 1.66. The molecule has 1 aliphatic rings. The van der Waals surface area contributed by atoms with Crippen molar-refractivity contribution in [3.8, 4) is 0 Å². The van der Waals surface area contributed by atoms with Crippen molar-refractivity contribution in [3.63, 3.8) is 0 Å². The van der Waals surface area contributed by atoms with Crippen LogP contribution in [0, 0.1) is 0 Å². The van der Waals surface area contributed by atoms with E-state index in [-0.39, 0.29) is 12.0 Å². The second kappa shape index (κ2) is 6.15. The number of thiazole rings is 1. The molecule has 0 saturated carbocycles. The van der Waals surface area contributed by atoms with Crippen LogP contribution in [-0.4, -0.2) is 54.7 Å². The number of rotatable bonds is 4. The predicted molar refractivity (Wildman–Crippen MR) is 72.0 cm³/mol. The molecular formula is C12H19N3O2S. The van der Waals surface area contributed by atoms with Crippen LogP contribution < -0.4 is 4.90 Å². The largest absolute Gasteiger partial charge is 0.465 e. The molecule has 6 heteroatoms. The van der Waals surface area contributed by atoms with Gasteiger partial charge < -0.3 is 9.64 Å². The van der Waals surface area contributed by atoms with Crippen LogP contribution in [0.4, 0.5) is 5.13 Å². The molecule has 1 atom stereocenters. The number of carbonyl (C=O) groups excluding carboxylic acids is 1. The van der Waals surface area contributed by atoms with Gasteiger partial charge in [-0.15, -0.1) is 11.3 Å². The Kier molecular flexibility index (Phi) is 4.54. The fourth-order valence-corrected chi connectivity index (χ4v) is 2.78. The van der Waals surface area contributed by atoms with Gasteiger partial charge in [-0.05, 0) is 13.8 Å². The van der Waals surface area contributed by atoms with Gasteiger partial charge >= 0.3 is 5.97 Å². The van der Waals surface area contributed by atoms with Gasteiger partial charge in [0, 0.05) is 37.8 Å². The summed E-state index contributed by atoms with van der Waals surface area (Å²) in [6, 6.07) is -0.150. The number of esters is 1. The lowest BCUT2D eigenvalue weighted by Gasteiger charge is -2.36. The van der Waals surface area contributed by atoms with Crippen LogP contribution in [0.1, 0.15) is 13.8 Å². The minimum absolute atomic E-state index is 0.125. The first-order valence-electron chi connectivity index (χ1n) is 6.27. The second-order valence-electron chi connectivity index (χ2n) is 4.27. The lowest BCUT2D eigenvalue weighted by atomic mass is 10.2. The van der Waals surface area contributed by atoms with Gasteiger partial charge in [-0.3, -0.25) is 9.69 Å². The molecule has 1 fully saturated rings. The molecule has 0 N–H and O–H groups in total. The highest BCUT2D eigenvalue weighted by Crippen LogP contribution is 2.19. The Bertz CT molecular complexity index is 375. The van der Waals surface area contributed by atoms with Crippen molar-refractivity contribution in [3.05, 3.63) is 11.6 Å². The number of nitrogens with zero attached hydrogens (tertiary/aromatic N) is 3. The maximum atomic E-state index is 11.7. The molecule has 1 aromatic heterocycles. The van der Waals surface area contributed by atoms with E-state index in [1.165, 1.54) is 0 Å².